The molecule has 0 atom stereocenters. The molecule has 0 bridgehead atoms. The number of thiophene rings is 1. The van der Waals surface area contributed by atoms with E-state index in [1.54, 1.807) is 35.7 Å². The lowest BCUT2D eigenvalue weighted by atomic mass is 10.2. The van der Waals surface area contributed by atoms with Gasteiger partial charge in [-0.05, 0) is 29.6 Å². The van der Waals surface area contributed by atoms with Crippen LogP contribution in [-0.2, 0) is 0 Å². The zero-order chi connectivity index (χ0) is 12.3. The van der Waals surface area contributed by atoms with Crippen molar-refractivity contribution < 1.29 is 9.59 Å². The van der Waals surface area contributed by atoms with Crippen molar-refractivity contribution in [1.29, 1.82) is 0 Å². The van der Waals surface area contributed by atoms with E-state index < -0.39 is 5.91 Å². The number of benzene rings is 1. The molecule has 0 spiro atoms. The van der Waals surface area contributed by atoms with Crippen LogP contribution in [-0.4, -0.2) is 11.8 Å². The second-order valence-corrected chi connectivity index (χ2v) is 4.19. The van der Waals surface area contributed by atoms with Crippen LogP contribution in [0.25, 0.3) is 0 Å². The van der Waals surface area contributed by atoms with Crippen LogP contribution in [0.1, 0.15) is 20.7 Å². The second kappa shape index (κ2) is 4.80. The van der Waals surface area contributed by atoms with Crippen LogP contribution in [0.3, 0.4) is 0 Å². The minimum Gasteiger partial charge on any atom is -0.366 e. The van der Waals surface area contributed by atoms with Gasteiger partial charge in [0.1, 0.15) is 0 Å². The third kappa shape index (κ3) is 2.70. The first-order valence-corrected chi connectivity index (χ1v) is 5.84. The topological polar surface area (TPSA) is 72.2 Å². The number of nitrogens with two attached hydrogens (primary N) is 1. The molecular formula is C12H10N2O2S. The molecule has 0 aliphatic carbocycles. The molecule has 0 unspecified atom stereocenters. The summed E-state index contributed by atoms with van der Waals surface area (Å²) in [5, 5.41) is 6.28. The van der Waals surface area contributed by atoms with Crippen molar-refractivity contribution in [3.63, 3.8) is 0 Å². The van der Waals surface area contributed by atoms with Crippen molar-refractivity contribution in [2.24, 2.45) is 5.73 Å². The van der Waals surface area contributed by atoms with E-state index in [0.717, 1.165) is 0 Å². The van der Waals surface area contributed by atoms with E-state index in [-0.39, 0.29) is 5.91 Å². The van der Waals surface area contributed by atoms with Crippen LogP contribution >= 0.6 is 11.3 Å². The zero-order valence-corrected chi connectivity index (χ0v) is 9.66. The maximum atomic E-state index is 11.7. The highest BCUT2D eigenvalue weighted by Crippen LogP contribution is 2.13. The summed E-state index contributed by atoms with van der Waals surface area (Å²) in [6.45, 7) is 0. The number of primary amides is 1. The summed E-state index contributed by atoms with van der Waals surface area (Å²) in [7, 11) is 0. The van der Waals surface area contributed by atoms with Gasteiger partial charge in [0.15, 0.2) is 0 Å². The predicted octanol–water partition coefficient (Wildman–Crippen LogP) is 2.10. The monoisotopic (exact) mass is 246 g/mol. The van der Waals surface area contributed by atoms with Gasteiger partial charge in [0.25, 0.3) is 5.91 Å². The van der Waals surface area contributed by atoms with E-state index in [2.05, 4.69) is 5.32 Å². The number of carbonyl (C=O) groups excluding carboxylic acids is 2. The molecule has 86 valence electrons. The number of anilines is 1. The Hall–Kier alpha value is -2.14. The highest BCUT2D eigenvalue weighted by molar-refractivity contribution is 7.08. The molecule has 1 heterocycles. The fourth-order valence-electron chi connectivity index (χ4n) is 1.35. The first-order chi connectivity index (χ1) is 8.16. The van der Waals surface area contributed by atoms with Gasteiger partial charge < -0.3 is 11.1 Å². The molecule has 0 aliphatic heterocycles. The Morgan fingerprint density at radius 3 is 2.65 bits per heavy atom. The molecule has 2 rings (SSSR count). The smallest absolute Gasteiger partial charge is 0.256 e. The Morgan fingerprint density at radius 2 is 2.00 bits per heavy atom. The average molecular weight is 246 g/mol. The first kappa shape index (κ1) is 11.3. The van der Waals surface area contributed by atoms with Gasteiger partial charge >= 0.3 is 0 Å². The molecule has 4 nitrogen and oxygen atoms in total. The van der Waals surface area contributed by atoms with Crippen molar-refractivity contribution in [3.05, 3.63) is 52.2 Å². The third-order valence-corrected chi connectivity index (χ3v) is 2.87. The lowest BCUT2D eigenvalue weighted by Crippen LogP contribution is -2.13. The maximum absolute atomic E-state index is 11.7. The summed E-state index contributed by atoms with van der Waals surface area (Å²) in [5.74, 6) is -0.718. The van der Waals surface area contributed by atoms with Gasteiger partial charge in [-0.25, -0.2) is 0 Å². The predicted molar refractivity (Wildman–Crippen MR) is 67.2 cm³/mol. The van der Waals surface area contributed by atoms with Crippen molar-refractivity contribution in [2.45, 2.75) is 0 Å². The average Bonchev–Trinajstić information content (AvgIpc) is 2.82. The van der Waals surface area contributed by atoms with Crippen LogP contribution in [0.15, 0.2) is 41.1 Å². The zero-order valence-electron chi connectivity index (χ0n) is 8.84. The van der Waals surface area contributed by atoms with Crippen molar-refractivity contribution >= 4 is 28.8 Å². The van der Waals surface area contributed by atoms with Gasteiger partial charge in [-0.15, -0.1) is 0 Å². The Labute approximate surface area is 102 Å². The van der Waals surface area contributed by atoms with E-state index >= 15 is 0 Å². The standard InChI is InChI=1S/C12H10N2O2S/c13-11(15)8-2-1-3-10(6-8)14-12(16)9-4-5-17-7-9/h1-7H,(H2,13,15)(H,14,16). The highest BCUT2D eigenvalue weighted by Gasteiger charge is 2.07. The highest BCUT2D eigenvalue weighted by atomic mass is 32.1. The molecule has 2 amide bonds. The van der Waals surface area contributed by atoms with E-state index in [1.165, 1.54) is 11.3 Å². The summed E-state index contributed by atoms with van der Waals surface area (Å²) < 4.78 is 0. The number of hydrogen-bond donors (Lipinski definition) is 2. The van der Waals surface area contributed by atoms with Gasteiger partial charge in [-0.3, -0.25) is 9.59 Å². The molecular weight excluding hydrogens is 236 g/mol. The number of rotatable bonds is 3. The summed E-state index contributed by atoms with van der Waals surface area (Å²) in [6, 6.07) is 8.26. The molecule has 17 heavy (non-hydrogen) atoms. The van der Waals surface area contributed by atoms with Crippen molar-refractivity contribution in [2.75, 3.05) is 5.32 Å². The van der Waals surface area contributed by atoms with Crippen LogP contribution in [0.2, 0.25) is 0 Å². The van der Waals surface area contributed by atoms with Crippen molar-refractivity contribution in [3.8, 4) is 0 Å². The summed E-state index contributed by atoms with van der Waals surface area (Å²) >= 11 is 1.45. The minimum atomic E-state index is -0.517. The molecule has 0 saturated carbocycles. The van der Waals surface area contributed by atoms with Gasteiger partial charge in [-0.2, -0.15) is 11.3 Å². The molecule has 0 radical (unpaired) electrons. The third-order valence-electron chi connectivity index (χ3n) is 2.19. The normalized spacial score (nSPS) is 9.88. The molecule has 0 saturated heterocycles. The van der Waals surface area contributed by atoms with E-state index in [9.17, 15) is 9.59 Å². The summed E-state index contributed by atoms with van der Waals surface area (Å²) in [6.07, 6.45) is 0. The number of amides is 2. The van der Waals surface area contributed by atoms with Gasteiger partial charge in [0.2, 0.25) is 5.91 Å². The lowest BCUT2D eigenvalue weighted by Gasteiger charge is -2.04. The fraction of sp³-hybridized carbons (Fsp3) is 0. The molecule has 5 heteroatoms. The minimum absolute atomic E-state index is 0.201. The first-order valence-electron chi connectivity index (χ1n) is 4.90. The van der Waals surface area contributed by atoms with Crippen LogP contribution in [0.5, 0.6) is 0 Å². The SMILES string of the molecule is NC(=O)c1cccc(NC(=O)c2ccsc2)c1. The number of carbonyl (C=O) groups is 2. The Balaban J connectivity index is 2.16. The van der Waals surface area contributed by atoms with E-state index in [0.29, 0.717) is 16.8 Å². The Kier molecular flexibility index (Phi) is 3.20. The lowest BCUT2D eigenvalue weighted by molar-refractivity contribution is 0.0996. The van der Waals surface area contributed by atoms with Crippen molar-refractivity contribution in [1.82, 2.24) is 0 Å². The maximum Gasteiger partial charge on any atom is 0.256 e. The van der Waals surface area contributed by atoms with E-state index in [1.807, 2.05) is 5.38 Å². The molecule has 3 N–H and O–H groups in total. The van der Waals surface area contributed by atoms with Gasteiger partial charge in [0, 0.05) is 16.6 Å². The fourth-order valence-corrected chi connectivity index (χ4v) is 1.98. The summed E-state index contributed by atoms with van der Waals surface area (Å²) in [4.78, 5) is 22.7. The largest absolute Gasteiger partial charge is 0.366 e. The second-order valence-electron chi connectivity index (χ2n) is 3.41. The Morgan fingerprint density at radius 1 is 1.18 bits per heavy atom. The number of hydrogen-bond acceptors (Lipinski definition) is 3. The van der Waals surface area contributed by atoms with E-state index in [4.69, 9.17) is 5.73 Å². The van der Waals surface area contributed by atoms with Crippen LogP contribution in [0, 0.1) is 0 Å². The Bertz CT molecular complexity index is 549. The summed E-state index contributed by atoms with van der Waals surface area (Å²) in [5.41, 5.74) is 6.68. The molecule has 0 fully saturated rings. The number of nitrogens with one attached hydrogen (secondary N) is 1. The molecule has 1 aromatic heterocycles. The van der Waals surface area contributed by atoms with Crippen LogP contribution in [0.4, 0.5) is 5.69 Å². The van der Waals surface area contributed by atoms with Crippen LogP contribution < -0.4 is 11.1 Å². The quantitative estimate of drug-likeness (QED) is 0.870. The van der Waals surface area contributed by atoms with Gasteiger partial charge in [-0.1, -0.05) is 6.07 Å². The van der Waals surface area contributed by atoms with Gasteiger partial charge in [0.05, 0.1) is 5.56 Å². The molecule has 2 aromatic rings. The molecule has 0 aliphatic rings. The molecule has 1 aromatic carbocycles.